The molecule has 21 heavy (non-hydrogen) atoms. The Kier molecular flexibility index (Phi) is 5.23. The van der Waals surface area contributed by atoms with Gasteiger partial charge in [-0.05, 0) is 44.2 Å². The van der Waals surface area contributed by atoms with Gasteiger partial charge in [-0.25, -0.2) is 0 Å². The fourth-order valence-electron chi connectivity index (χ4n) is 2.77. The first kappa shape index (κ1) is 15.8. The highest BCUT2D eigenvalue weighted by molar-refractivity contribution is 5.99. The van der Waals surface area contributed by atoms with Crippen LogP contribution in [0.2, 0.25) is 0 Å². The van der Waals surface area contributed by atoms with Gasteiger partial charge >= 0.3 is 0 Å². The summed E-state index contributed by atoms with van der Waals surface area (Å²) in [5, 5.41) is 12.7. The smallest absolute Gasteiger partial charge is 0.255 e. The molecule has 0 unspecified atom stereocenters. The molecule has 0 bridgehead atoms. The Morgan fingerprint density at radius 1 is 1.43 bits per heavy atom. The van der Waals surface area contributed by atoms with Crippen LogP contribution >= 0.6 is 0 Å². The van der Waals surface area contributed by atoms with Crippen molar-refractivity contribution in [1.82, 2.24) is 4.90 Å². The van der Waals surface area contributed by atoms with Crippen LogP contribution in [-0.2, 0) is 0 Å². The average Bonchev–Trinajstić information content (AvgIpc) is 2.43. The van der Waals surface area contributed by atoms with Gasteiger partial charge in [-0.15, -0.1) is 0 Å². The van der Waals surface area contributed by atoms with Gasteiger partial charge in [-0.2, -0.15) is 0 Å². The molecule has 0 spiro atoms. The second-order valence-corrected chi connectivity index (χ2v) is 6.15. The number of rotatable bonds is 6. The molecule has 2 rings (SSSR count). The largest absolute Gasteiger partial charge is 0.393 e. The van der Waals surface area contributed by atoms with Crippen molar-refractivity contribution in [2.75, 3.05) is 25.5 Å². The monoisotopic (exact) mass is 290 g/mol. The molecular formula is C17H26N2O2. The van der Waals surface area contributed by atoms with Crippen molar-refractivity contribution in [3.05, 3.63) is 29.3 Å². The zero-order valence-electron chi connectivity index (χ0n) is 13.2. The molecule has 0 heterocycles. The van der Waals surface area contributed by atoms with Crippen LogP contribution in [-0.4, -0.2) is 42.2 Å². The molecule has 1 fully saturated rings. The summed E-state index contributed by atoms with van der Waals surface area (Å²) in [7, 11) is 1.85. The summed E-state index contributed by atoms with van der Waals surface area (Å²) in [5.74, 6) is 0.490. The number of carbonyl (C=O) groups is 1. The van der Waals surface area contributed by atoms with Crippen molar-refractivity contribution < 1.29 is 9.90 Å². The molecule has 0 radical (unpaired) electrons. The molecule has 0 saturated heterocycles. The summed E-state index contributed by atoms with van der Waals surface area (Å²) in [4.78, 5) is 14.4. The van der Waals surface area contributed by atoms with Crippen LogP contribution in [0.3, 0.4) is 0 Å². The molecule has 2 N–H and O–H groups in total. The minimum Gasteiger partial charge on any atom is -0.393 e. The van der Waals surface area contributed by atoms with Gasteiger partial charge < -0.3 is 15.3 Å². The van der Waals surface area contributed by atoms with Crippen LogP contribution in [0.5, 0.6) is 0 Å². The lowest BCUT2D eigenvalue weighted by Gasteiger charge is -2.34. The van der Waals surface area contributed by atoms with E-state index in [1.807, 2.05) is 32.2 Å². The summed E-state index contributed by atoms with van der Waals surface area (Å²) < 4.78 is 0. The Labute approximate surface area is 127 Å². The first-order valence-electron chi connectivity index (χ1n) is 7.79. The topological polar surface area (TPSA) is 52.6 Å². The Hall–Kier alpha value is -1.55. The Balaban J connectivity index is 2.07. The first-order chi connectivity index (χ1) is 10.0. The predicted octanol–water partition coefficient (Wildman–Crippen LogP) is 2.66. The van der Waals surface area contributed by atoms with Gasteiger partial charge in [0.1, 0.15) is 0 Å². The lowest BCUT2D eigenvalue weighted by molar-refractivity contribution is 0.0265. The second-order valence-electron chi connectivity index (χ2n) is 6.15. The SMILES string of the molecule is CCCNc1ccc(C)cc1C(=O)N(C)CC1CC(O)C1. The third kappa shape index (κ3) is 3.97. The molecular weight excluding hydrogens is 264 g/mol. The standard InChI is InChI=1S/C17H26N2O2/c1-4-7-18-16-6-5-12(2)8-15(16)17(21)19(3)11-13-9-14(20)10-13/h5-6,8,13-14,18,20H,4,7,9-11H2,1-3H3. The second kappa shape index (κ2) is 6.94. The minimum absolute atomic E-state index is 0.0543. The number of carbonyl (C=O) groups excluding carboxylic acids is 1. The fourth-order valence-corrected chi connectivity index (χ4v) is 2.77. The number of hydrogen-bond donors (Lipinski definition) is 2. The molecule has 4 nitrogen and oxygen atoms in total. The number of aliphatic hydroxyl groups is 1. The number of benzene rings is 1. The van der Waals surface area contributed by atoms with E-state index in [9.17, 15) is 9.90 Å². The van der Waals surface area contributed by atoms with Crippen molar-refractivity contribution in [1.29, 1.82) is 0 Å². The Bertz CT molecular complexity index is 496. The van der Waals surface area contributed by atoms with Crippen molar-refractivity contribution in [3.63, 3.8) is 0 Å². The number of hydrogen-bond acceptors (Lipinski definition) is 3. The quantitative estimate of drug-likeness (QED) is 0.847. The van der Waals surface area contributed by atoms with E-state index < -0.39 is 0 Å². The average molecular weight is 290 g/mol. The number of aliphatic hydroxyl groups excluding tert-OH is 1. The van der Waals surface area contributed by atoms with Crippen molar-refractivity contribution >= 4 is 11.6 Å². The number of amides is 1. The van der Waals surface area contributed by atoms with Crippen LogP contribution < -0.4 is 5.32 Å². The summed E-state index contributed by atoms with van der Waals surface area (Å²) >= 11 is 0. The van der Waals surface area contributed by atoms with E-state index in [2.05, 4.69) is 12.2 Å². The molecule has 0 aromatic heterocycles. The third-order valence-corrected chi connectivity index (χ3v) is 4.06. The van der Waals surface area contributed by atoms with Gasteiger partial charge in [0.15, 0.2) is 0 Å². The van der Waals surface area contributed by atoms with Gasteiger partial charge in [0.25, 0.3) is 5.91 Å². The molecule has 0 atom stereocenters. The molecule has 1 saturated carbocycles. The van der Waals surface area contributed by atoms with Crippen LogP contribution in [0.1, 0.15) is 42.1 Å². The lowest BCUT2D eigenvalue weighted by atomic mass is 9.82. The highest BCUT2D eigenvalue weighted by Crippen LogP contribution is 2.28. The summed E-state index contributed by atoms with van der Waals surface area (Å²) in [6, 6.07) is 5.96. The Morgan fingerprint density at radius 2 is 2.14 bits per heavy atom. The van der Waals surface area contributed by atoms with Gasteiger partial charge in [-0.3, -0.25) is 4.79 Å². The molecule has 4 heteroatoms. The van der Waals surface area contributed by atoms with Crippen molar-refractivity contribution in [2.24, 2.45) is 5.92 Å². The predicted molar refractivity (Wildman–Crippen MR) is 85.7 cm³/mol. The first-order valence-corrected chi connectivity index (χ1v) is 7.79. The highest BCUT2D eigenvalue weighted by atomic mass is 16.3. The van der Waals surface area contributed by atoms with Crippen LogP contribution in [0.4, 0.5) is 5.69 Å². The molecule has 1 aromatic rings. The van der Waals surface area contributed by atoms with Crippen LogP contribution in [0.15, 0.2) is 18.2 Å². The van der Waals surface area contributed by atoms with E-state index in [0.717, 1.165) is 49.2 Å². The van der Waals surface area contributed by atoms with Gasteiger partial charge in [0.2, 0.25) is 0 Å². The van der Waals surface area contributed by atoms with E-state index in [1.54, 1.807) is 4.90 Å². The molecule has 116 valence electrons. The van der Waals surface area contributed by atoms with Gasteiger partial charge in [0, 0.05) is 25.8 Å². The number of nitrogens with zero attached hydrogens (tertiary/aromatic N) is 1. The lowest BCUT2D eigenvalue weighted by Crippen LogP contribution is -2.39. The molecule has 1 amide bonds. The van der Waals surface area contributed by atoms with Crippen molar-refractivity contribution in [3.8, 4) is 0 Å². The number of anilines is 1. The zero-order valence-corrected chi connectivity index (χ0v) is 13.2. The van der Waals surface area contributed by atoms with E-state index in [4.69, 9.17) is 0 Å². The summed E-state index contributed by atoms with van der Waals surface area (Å²) in [6.45, 7) is 5.69. The van der Waals surface area contributed by atoms with E-state index in [0.29, 0.717) is 5.92 Å². The van der Waals surface area contributed by atoms with E-state index in [-0.39, 0.29) is 12.0 Å². The van der Waals surface area contributed by atoms with E-state index >= 15 is 0 Å². The van der Waals surface area contributed by atoms with Crippen LogP contribution in [0, 0.1) is 12.8 Å². The van der Waals surface area contributed by atoms with Crippen LogP contribution in [0.25, 0.3) is 0 Å². The maximum atomic E-state index is 12.7. The summed E-state index contributed by atoms with van der Waals surface area (Å²) in [6.07, 6.45) is 2.48. The number of nitrogens with one attached hydrogen (secondary N) is 1. The van der Waals surface area contributed by atoms with Gasteiger partial charge in [0.05, 0.1) is 11.7 Å². The molecule has 1 aromatic carbocycles. The normalized spacial score (nSPS) is 20.8. The molecule has 1 aliphatic carbocycles. The van der Waals surface area contributed by atoms with Crippen molar-refractivity contribution in [2.45, 2.75) is 39.2 Å². The maximum absolute atomic E-state index is 12.7. The highest BCUT2D eigenvalue weighted by Gasteiger charge is 2.29. The minimum atomic E-state index is -0.167. The third-order valence-electron chi connectivity index (χ3n) is 4.06. The number of aryl methyl sites for hydroxylation is 1. The van der Waals surface area contributed by atoms with Gasteiger partial charge in [-0.1, -0.05) is 18.6 Å². The fraction of sp³-hybridized carbons (Fsp3) is 0.588. The van der Waals surface area contributed by atoms with E-state index in [1.165, 1.54) is 0 Å². The Morgan fingerprint density at radius 3 is 2.76 bits per heavy atom. The molecule has 1 aliphatic rings. The summed E-state index contributed by atoms with van der Waals surface area (Å²) in [5.41, 5.74) is 2.74. The molecule has 0 aliphatic heterocycles. The maximum Gasteiger partial charge on any atom is 0.255 e. The zero-order chi connectivity index (χ0) is 15.4.